The Kier molecular flexibility index (Phi) is 7.63. The topological polar surface area (TPSA) is 61.8 Å². The lowest BCUT2D eigenvalue weighted by molar-refractivity contribution is -0.152. The van der Waals surface area contributed by atoms with E-state index in [1.807, 2.05) is 74.5 Å². The van der Waals surface area contributed by atoms with Gasteiger partial charge in [-0.3, -0.25) is 9.59 Å². The van der Waals surface area contributed by atoms with Gasteiger partial charge in [0.15, 0.2) is 5.78 Å². The number of Topliss-reactive ketones (excluding diaryl/α,β-unsaturated/α-hetero) is 1. The molecule has 3 atom stereocenters. The van der Waals surface area contributed by atoms with Crippen LogP contribution in [0.1, 0.15) is 38.3 Å². The molecule has 0 heterocycles. The van der Waals surface area contributed by atoms with E-state index in [0.29, 0.717) is 26.2 Å². The summed E-state index contributed by atoms with van der Waals surface area (Å²) in [5.41, 5.74) is 0.711. The molecule has 2 aromatic rings. The lowest BCUT2D eigenvalue weighted by Gasteiger charge is -2.39. The second kappa shape index (κ2) is 10.2. The summed E-state index contributed by atoms with van der Waals surface area (Å²) in [5, 5.41) is 0. The predicted molar refractivity (Wildman–Crippen MR) is 118 cm³/mol. The zero-order valence-corrected chi connectivity index (χ0v) is 18.6. The number of rotatable bonds is 10. The van der Waals surface area contributed by atoms with E-state index in [1.165, 1.54) is 0 Å². The molecule has 2 aromatic carbocycles. The molecule has 5 nitrogen and oxygen atoms in total. The molecule has 1 saturated carbocycles. The van der Waals surface area contributed by atoms with Gasteiger partial charge in [-0.15, -0.1) is 0 Å². The Morgan fingerprint density at radius 3 is 1.94 bits per heavy atom. The highest BCUT2D eigenvalue weighted by atomic mass is 16.5. The summed E-state index contributed by atoms with van der Waals surface area (Å²) in [6, 6.07) is 19.8. The zero-order chi connectivity index (χ0) is 22.3. The summed E-state index contributed by atoms with van der Waals surface area (Å²) in [5.74, 6) is -1.35. The van der Waals surface area contributed by atoms with Crippen LogP contribution in [0, 0.1) is 16.7 Å². The van der Waals surface area contributed by atoms with Crippen LogP contribution in [0.25, 0.3) is 0 Å². The Labute approximate surface area is 184 Å². The molecule has 31 heavy (non-hydrogen) atoms. The number of benzene rings is 2. The maximum absolute atomic E-state index is 13.4. The summed E-state index contributed by atoms with van der Waals surface area (Å²) in [4.78, 5) is 25.9. The van der Waals surface area contributed by atoms with Gasteiger partial charge >= 0.3 is 5.97 Å². The summed E-state index contributed by atoms with van der Waals surface area (Å²) in [7, 11) is 0. The average Bonchev–Trinajstić information content (AvgIpc) is 2.97. The van der Waals surface area contributed by atoms with Gasteiger partial charge in [-0.25, -0.2) is 0 Å². The van der Waals surface area contributed by atoms with Crippen LogP contribution in [0.4, 0.5) is 0 Å². The van der Waals surface area contributed by atoms with Crippen molar-refractivity contribution in [2.24, 2.45) is 16.7 Å². The van der Waals surface area contributed by atoms with Gasteiger partial charge in [0.2, 0.25) is 0 Å². The van der Waals surface area contributed by atoms with Gasteiger partial charge in [0.1, 0.15) is 5.92 Å². The van der Waals surface area contributed by atoms with Crippen LogP contribution >= 0.6 is 0 Å². The van der Waals surface area contributed by atoms with Gasteiger partial charge in [0.25, 0.3) is 0 Å². The molecule has 0 amide bonds. The van der Waals surface area contributed by atoms with Crippen molar-refractivity contribution >= 4 is 11.8 Å². The first-order chi connectivity index (χ1) is 14.9. The second-order valence-corrected chi connectivity index (χ2v) is 8.72. The van der Waals surface area contributed by atoms with Gasteiger partial charge in [-0.1, -0.05) is 67.6 Å². The van der Waals surface area contributed by atoms with Crippen molar-refractivity contribution < 1.29 is 23.8 Å². The van der Waals surface area contributed by atoms with E-state index in [0.717, 1.165) is 11.1 Å². The van der Waals surface area contributed by atoms with Crippen LogP contribution in [0.15, 0.2) is 60.7 Å². The number of ketones is 1. The molecular weight excluding hydrogens is 392 g/mol. The third-order valence-electron chi connectivity index (χ3n) is 6.45. The Morgan fingerprint density at radius 2 is 1.42 bits per heavy atom. The first-order valence-corrected chi connectivity index (χ1v) is 10.8. The number of carbonyl (C=O) groups is 2. The molecule has 0 bridgehead atoms. The first kappa shape index (κ1) is 23.2. The van der Waals surface area contributed by atoms with Crippen molar-refractivity contribution in [2.75, 3.05) is 19.8 Å². The largest absolute Gasteiger partial charge is 0.465 e. The normalized spacial score (nSPS) is 25.5. The quantitative estimate of drug-likeness (QED) is 0.413. The van der Waals surface area contributed by atoms with E-state index in [1.54, 1.807) is 6.92 Å². The van der Waals surface area contributed by atoms with Crippen LogP contribution in [-0.2, 0) is 37.0 Å². The van der Waals surface area contributed by atoms with Crippen molar-refractivity contribution in [3.05, 3.63) is 71.8 Å². The Hall–Kier alpha value is -2.50. The number of carbonyl (C=O) groups excluding carboxylic acids is 2. The zero-order valence-electron chi connectivity index (χ0n) is 18.6. The van der Waals surface area contributed by atoms with Gasteiger partial charge < -0.3 is 14.2 Å². The molecule has 0 aliphatic heterocycles. The molecule has 0 aromatic heterocycles. The monoisotopic (exact) mass is 424 g/mol. The molecule has 5 heteroatoms. The molecule has 0 saturated heterocycles. The summed E-state index contributed by atoms with van der Waals surface area (Å²) >= 11 is 0. The average molecular weight is 425 g/mol. The smallest absolute Gasteiger partial charge is 0.316 e. The van der Waals surface area contributed by atoms with Crippen LogP contribution in [0.3, 0.4) is 0 Å². The number of ether oxygens (including phenoxy) is 3. The minimum Gasteiger partial charge on any atom is -0.465 e. The van der Waals surface area contributed by atoms with Gasteiger partial charge in [-0.05, 0) is 31.4 Å². The van der Waals surface area contributed by atoms with E-state index < -0.39 is 22.7 Å². The Bertz CT molecular complexity index is 866. The lowest BCUT2D eigenvalue weighted by atomic mass is 9.68. The molecule has 0 spiro atoms. The number of esters is 1. The van der Waals surface area contributed by atoms with Crippen LogP contribution in [0.2, 0.25) is 0 Å². The standard InChI is InChI=1S/C26H32O5/c1-4-31-24(28)22-15-25(2,18-29-16-20-11-7-5-8-12-20)26(3,23(22)27)19-30-17-21-13-9-6-10-14-21/h5-14,22H,4,15-19H2,1-3H3/t22?,25-,26-/m0/s1. The molecule has 1 unspecified atom stereocenters. The maximum Gasteiger partial charge on any atom is 0.316 e. The molecule has 166 valence electrons. The van der Waals surface area contributed by atoms with E-state index in [4.69, 9.17) is 14.2 Å². The van der Waals surface area contributed by atoms with Crippen molar-refractivity contribution in [3.8, 4) is 0 Å². The fraction of sp³-hybridized carbons (Fsp3) is 0.462. The predicted octanol–water partition coefficient (Wildman–Crippen LogP) is 4.58. The van der Waals surface area contributed by atoms with Gasteiger partial charge in [-0.2, -0.15) is 0 Å². The molecule has 1 fully saturated rings. The fourth-order valence-electron chi connectivity index (χ4n) is 4.26. The van der Waals surface area contributed by atoms with Crippen molar-refractivity contribution in [2.45, 2.75) is 40.4 Å². The molecule has 0 radical (unpaired) electrons. The Morgan fingerprint density at radius 1 is 0.903 bits per heavy atom. The SMILES string of the molecule is CCOC(=O)C1C[C@@](C)(COCc2ccccc2)[C@@](C)(COCc2ccccc2)C1=O. The minimum atomic E-state index is -0.851. The summed E-state index contributed by atoms with van der Waals surface area (Å²) in [6.45, 7) is 7.36. The summed E-state index contributed by atoms with van der Waals surface area (Å²) in [6.07, 6.45) is 0.394. The molecule has 0 N–H and O–H groups in total. The Balaban J connectivity index is 1.73. The summed E-state index contributed by atoms with van der Waals surface area (Å²) < 4.78 is 17.2. The first-order valence-electron chi connectivity index (χ1n) is 10.8. The van der Waals surface area contributed by atoms with E-state index in [2.05, 4.69) is 0 Å². The fourth-order valence-corrected chi connectivity index (χ4v) is 4.26. The molecule has 3 rings (SSSR count). The van der Waals surface area contributed by atoms with Crippen molar-refractivity contribution in [1.29, 1.82) is 0 Å². The van der Waals surface area contributed by atoms with Crippen molar-refractivity contribution in [3.63, 3.8) is 0 Å². The van der Waals surface area contributed by atoms with E-state index >= 15 is 0 Å². The highest BCUT2D eigenvalue weighted by Gasteiger charge is 2.61. The van der Waals surface area contributed by atoms with Crippen LogP contribution in [0.5, 0.6) is 0 Å². The van der Waals surface area contributed by atoms with Crippen LogP contribution in [-0.4, -0.2) is 31.6 Å². The lowest BCUT2D eigenvalue weighted by Crippen LogP contribution is -2.44. The van der Waals surface area contributed by atoms with E-state index in [-0.39, 0.29) is 19.0 Å². The van der Waals surface area contributed by atoms with Crippen LogP contribution < -0.4 is 0 Å². The maximum atomic E-state index is 13.4. The third kappa shape index (κ3) is 5.23. The molecule has 1 aliphatic rings. The highest BCUT2D eigenvalue weighted by Crippen LogP contribution is 2.53. The number of hydrogen-bond acceptors (Lipinski definition) is 5. The number of hydrogen-bond donors (Lipinski definition) is 0. The van der Waals surface area contributed by atoms with E-state index in [9.17, 15) is 9.59 Å². The highest BCUT2D eigenvalue weighted by molar-refractivity contribution is 6.04. The van der Waals surface area contributed by atoms with Gasteiger partial charge in [0.05, 0.1) is 38.4 Å². The molecule has 1 aliphatic carbocycles. The van der Waals surface area contributed by atoms with Crippen molar-refractivity contribution in [1.82, 2.24) is 0 Å². The van der Waals surface area contributed by atoms with Gasteiger partial charge in [0, 0.05) is 5.41 Å². The molecular formula is C26H32O5. The minimum absolute atomic E-state index is 0.121. The second-order valence-electron chi connectivity index (χ2n) is 8.72. The third-order valence-corrected chi connectivity index (χ3v) is 6.45.